The van der Waals surface area contributed by atoms with E-state index in [1.165, 1.54) is 23.9 Å². The molecule has 0 spiro atoms. The van der Waals surface area contributed by atoms with Gasteiger partial charge in [-0.15, -0.1) is 0 Å². The summed E-state index contributed by atoms with van der Waals surface area (Å²) in [5.41, 5.74) is 5.88. The molecule has 0 bridgehead atoms. The van der Waals surface area contributed by atoms with Crippen LogP contribution in [0.3, 0.4) is 0 Å². The Balaban J connectivity index is 2.76. The van der Waals surface area contributed by atoms with Gasteiger partial charge in [0.2, 0.25) is 5.91 Å². The number of benzene rings is 1. The van der Waals surface area contributed by atoms with E-state index in [2.05, 4.69) is 10.6 Å². The fraction of sp³-hybridized carbons (Fsp3) is 0.385. The summed E-state index contributed by atoms with van der Waals surface area (Å²) in [5, 5.41) is 4.81. The maximum absolute atomic E-state index is 13.7. The third-order valence-electron chi connectivity index (χ3n) is 2.63. The Morgan fingerprint density at radius 3 is 2.70 bits per heavy atom. The van der Waals surface area contributed by atoms with E-state index in [0.717, 1.165) is 5.56 Å². The van der Waals surface area contributed by atoms with Gasteiger partial charge in [0, 0.05) is 0 Å². The lowest BCUT2D eigenvalue weighted by Gasteiger charge is -2.17. The molecule has 0 radical (unpaired) electrons. The smallest absolute Gasteiger partial charge is 0.312 e. The number of carbonyl (C=O) groups excluding carboxylic acids is 2. The number of aryl methyl sites for hydroxylation is 1. The summed E-state index contributed by atoms with van der Waals surface area (Å²) in [4.78, 5) is 22.9. The Hall–Kier alpha value is -1.76. The minimum absolute atomic E-state index is 0.0843. The molecule has 0 aliphatic heterocycles. The summed E-state index contributed by atoms with van der Waals surface area (Å²) in [6, 6.07) is 2.94. The Morgan fingerprint density at radius 1 is 1.45 bits per heavy atom. The highest BCUT2D eigenvalue weighted by molar-refractivity contribution is 7.98. The first-order valence-corrected chi connectivity index (χ1v) is 7.45. The van der Waals surface area contributed by atoms with Crippen LogP contribution in [0.1, 0.15) is 12.0 Å². The van der Waals surface area contributed by atoms with Crippen LogP contribution in [-0.4, -0.2) is 30.0 Å². The number of amides is 3. The molecule has 0 saturated carbocycles. The average molecular weight is 299 g/mol. The molecule has 1 unspecified atom stereocenters. The zero-order valence-corrected chi connectivity index (χ0v) is 12.2. The molecule has 7 heteroatoms. The van der Waals surface area contributed by atoms with Gasteiger partial charge in [-0.05, 0) is 43.0 Å². The normalized spacial score (nSPS) is 11.8. The molecule has 0 aromatic heterocycles. The lowest BCUT2D eigenvalue weighted by molar-refractivity contribution is -0.118. The number of rotatable bonds is 6. The van der Waals surface area contributed by atoms with Crippen molar-refractivity contribution in [2.75, 3.05) is 17.3 Å². The van der Waals surface area contributed by atoms with Crippen LogP contribution in [0, 0.1) is 12.7 Å². The number of hydrogen-bond acceptors (Lipinski definition) is 3. The molecule has 1 aromatic carbocycles. The average Bonchev–Trinajstić information content (AvgIpc) is 2.37. The van der Waals surface area contributed by atoms with Gasteiger partial charge in [-0.3, -0.25) is 4.79 Å². The van der Waals surface area contributed by atoms with Crippen molar-refractivity contribution < 1.29 is 14.0 Å². The minimum Gasteiger partial charge on any atom is -0.352 e. The Kier molecular flexibility index (Phi) is 6.30. The molecule has 0 aliphatic carbocycles. The van der Waals surface area contributed by atoms with Crippen LogP contribution in [0.15, 0.2) is 18.2 Å². The molecule has 0 heterocycles. The van der Waals surface area contributed by atoms with E-state index >= 15 is 0 Å². The number of carbonyl (C=O) groups is 2. The fourth-order valence-corrected chi connectivity index (χ4v) is 2.09. The number of hydrogen-bond donors (Lipinski definition) is 3. The van der Waals surface area contributed by atoms with Crippen molar-refractivity contribution in [2.45, 2.75) is 19.4 Å². The Morgan fingerprint density at radius 2 is 2.15 bits per heavy atom. The van der Waals surface area contributed by atoms with Gasteiger partial charge in [-0.2, -0.15) is 11.8 Å². The van der Waals surface area contributed by atoms with Crippen LogP contribution >= 0.6 is 11.8 Å². The topological polar surface area (TPSA) is 84.2 Å². The number of urea groups is 1. The molecule has 5 nitrogen and oxygen atoms in total. The first kappa shape index (κ1) is 16.3. The number of primary amides is 1. The zero-order chi connectivity index (χ0) is 15.1. The summed E-state index contributed by atoms with van der Waals surface area (Å²) in [6.07, 6.45) is 2.31. The van der Waals surface area contributed by atoms with Crippen molar-refractivity contribution in [3.05, 3.63) is 29.6 Å². The highest BCUT2D eigenvalue weighted by Crippen LogP contribution is 2.16. The second-order valence-electron chi connectivity index (χ2n) is 4.32. The molecule has 4 N–H and O–H groups in total. The van der Waals surface area contributed by atoms with Gasteiger partial charge in [0.15, 0.2) is 0 Å². The minimum atomic E-state index is -0.782. The van der Waals surface area contributed by atoms with Crippen molar-refractivity contribution in [1.29, 1.82) is 0 Å². The van der Waals surface area contributed by atoms with E-state index in [-0.39, 0.29) is 5.69 Å². The second kappa shape index (κ2) is 7.74. The Bertz CT molecular complexity index is 497. The van der Waals surface area contributed by atoms with Gasteiger partial charge >= 0.3 is 6.03 Å². The van der Waals surface area contributed by atoms with Crippen LogP contribution in [0.2, 0.25) is 0 Å². The molecular weight excluding hydrogens is 281 g/mol. The van der Waals surface area contributed by atoms with E-state index in [1.54, 1.807) is 13.0 Å². The molecule has 0 fully saturated rings. The maximum Gasteiger partial charge on any atom is 0.312 e. The quantitative estimate of drug-likeness (QED) is 0.749. The summed E-state index contributed by atoms with van der Waals surface area (Å²) in [7, 11) is 0. The zero-order valence-electron chi connectivity index (χ0n) is 11.4. The molecule has 1 atom stereocenters. The molecule has 0 saturated heterocycles. The standard InChI is InChI=1S/C13H18FN3O2S/c1-8-3-4-10(9(14)7-8)16-12(18)11(5-6-20-2)17-13(15)19/h3-4,7,11H,5-6H2,1-2H3,(H,16,18)(H3,15,17,19). The molecule has 1 aromatic rings. The number of thioether (sulfide) groups is 1. The van der Waals surface area contributed by atoms with Crippen molar-refractivity contribution in [3.63, 3.8) is 0 Å². The van der Waals surface area contributed by atoms with Crippen LogP contribution in [-0.2, 0) is 4.79 Å². The predicted molar refractivity (Wildman–Crippen MR) is 79.3 cm³/mol. The third kappa shape index (κ3) is 5.08. The highest BCUT2D eigenvalue weighted by Gasteiger charge is 2.20. The van der Waals surface area contributed by atoms with Crippen LogP contribution in [0.4, 0.5) is 14.9 Å². The van der Waals surface area contributed by atoms with Crippen LogP contribution in [0.25, 0.3) is 0 Å². The van der Waals surface area contributed by atoms with Crippen LogP contribution in [0.5, 0.6) is 0 Å². The Labute approximate surface area is 121 Å². The van der Waals surface area contributed by atoms with E-state index in [0.29, 0.717) is 12.2 Å². The van der Waals surface area contributed by atoms with Gasteiger partial charge in [0.05, 0.1) is 5.69 Å². The maximum atomic E-state index is 13.7. The van der Waals surface area contributed by atoms with Crippen molar-refractivity contribution in [2.24, 2.45) is 5.73 Å². The van der Waals surface area contributed by atoms with E-state index in [1.807, 2.05) is 6.26 Å². The SMILES string of the molecule is CSCCC(NC(N)=O)C(=O)Nc1ccc(C)cc1F. The molecular formula is C13H18FN3O2S. The summed E-state index contributed by atoms with van der Waals surface area (Å²) < 4.78 is 13.7. The predicted octanol–water partition coefficient (Wildman–Crippen LogP) is 1.86. The first-order valence-electron chi connectivity index (χ1n) is 6.06. The van der Waals surface area contributed by atoms with Crippen LogP contribution < -0.4 is 16.4 Å². The van der Waals surface area contributed by atoms with Crippen molar-refractivity contribution in [1.82, 2.24) is 5.32 Å². The number of anilines is 1. The van der Waals surface area contributed by atoms with Gasteiger partial charge < -0.3 is 16.4 Å². The fourth-order valence-electron chi connectivity index (χ4n) is 1.62. The van der Waals surface area contributed by atoms with Gasteiger partial charge in [0.25, 0.3) is 0 Å². The molecule has 0 aliphatic rings. The van der Waals surface area contributed by atoms with E-state index in [4.69, 9.17) is 5.73 Å². The molecule has 3 amide bonds. The lowest BCUT2D eigenvalue weighted by Crippen LogP contribution is -2.46. The second-order valence-corrected chi connectivity index (χ2v) is 5.30. The number of nitrogens with two attached hydrogens (primary N) is 1. The van der Waals surface area contributed by atoms with E-state index < -0.39 is 23.8 Å². The molecule has 20 heavy (non-hydrogen) atoms. The van der Waals surface area contributed by atoms with E-state index in [9.17, 15) is 14.0 Å². The largest absolute Gasteiger partial charge is 0.352 e. The van der Waals surface area contributed by atoms with Gasteiger partial charge in [-0.1, -0.05) is 6.07 Å². The summed E-state index contributed by atoms with van der Waals surface area (Å²) in [6.45, 7) is 1.75. The monoisotopic (exact) mass is 299 g/mol. The number of halogens is 1. The molecule has 1 rings (SSSR count). The summed E-state index contributed by atoms with van der Waals surface area (Å²) in [5.74, 6) is -0.323. The number of nitrogens with one attached hydrogen (secondary N) is 2. The van der Waals surface area contributed by atoms with Gasteiger partial charge in [-0.25, -0.2) is 9.18 Å². The first-order chi connectivity index (χ1) is 9.43. The van der Waals surface area contributed by atoms with Crippen molar-refractivity contribution >= 4 is 29.4 Å². The molecule has 110 valence electrons. The summed E-state index contributed by atoms with van der Waals surface area (Å²) >= 11 is 1.54. The van der Waals surface area contributed by atoms with Crippen molar-refractivity contribution in [3.8, 4) is 0 Å². The lowest BCUT2D eigenvalue weighted by atomic mass is 10.2. The van der Waals surface area contributed by atoms with Gasteiger partial charge in [0.1, 0.15) is 11.9 Å². The third-order valence-corrected chi connectivity index (χ3v) is 3.27. The highest BCUT2D eigenvalue weighted by atomic mass is 32.2.